The maximum Gasteiger partial charge on any atom is 0.257 e. The molecule has 3 heterocycles. The molecule has 0 aliphatic carbocycles. The SMILES string of the molecule is Cc1nc(NC(=O)c2cccc(OCc3cn4cccc(C)c4n3)c2)sc1C. The van der Waals surface area contributed by atoms with Crippen LogP contribution >= 0.6 is 11.3 Å². The molecule has 0 aliphatic rings. The minimum atomic E-state index is -0.206. The summed E-state index contributed by atoms with van der Waals surface area (Å²) in [5.74, 6) is 0.412. The van der Waals surface area contributed by atoms with E-state index in [-0.39, 0.29) is 5.91 Å². The Morgan fingerprint density at radius 2 is 2.04 bits per heavy atom. The maximum atomic E-state index is 12.5. The number of hydrogen-bond donors (Lipinski definition) is 1. The van der Waals surface area contributed by atoms with Crippen molar-refractivity contribution in [2.24, 2.45) is 0 Å². The Morgan fingerprint density at radius 1 is 1.18 bits per heavy atom. The van der Waals surface area contributed by atoms with Crippen molar-refractivity contribution in [3.63, 3.8) is 0 Å². The molecule has 4 aromatic rings. The molecule has 0 spiro atoms. The fraction of sp³-hybridized carbons (Fsp3) is 0.190. The lowest BCUT2D eigenvalue weighted by atomic mass is 10.2. The number of imidazole rings is 1. The van der Waals surface area contributed by atoms with E-state index in [2.05, 4.69) is 15.3 Å². The standard InChI is InChI=1S/C21H20N4O2S/c1-13-6-5-9-25-11-17(23-19(13)25)12-27-18-8-4-7-16(10-18)20(26)24-21-22-14(2)15(3)28-21/h4-11H,12H2,1-3H3,(H,22,24,26). The molecule has 3 aromatic heterocycles. The smallest absolute Gasteiger partial charge is 0.257 e. The average molecular weight is 392 g/mol. The highest BCUT2D eigenvalue weighted by Gasteiger charge is 2.11. The van der Waals surface area contributed by atoms with E-state index in [4.69, 9.17) is 4.74 Å². The summed E-state index contributed by atoms with van der Waals surface area (Å²) in [7, 11) is 0. The van der Waals surface area contributed by atoms with Crippen molar-refractivity contribution in [2.75, 3.05) is 5.32 Å². The van der Waals surface area contributed by atoms with Gasteiger partial charge in [0.1, 0.15) is 18.0 Å². The zero-order valence-electron chi connectivity index (χ0n) is 15.9. The van der Waals surface area contributed by atoms with Crippen LogP contribution in [0, 0.1) is 20.8 Å². The Morgan fingerprint density at radius 3 is 2.79 bits per heavy atom. The zero-order valence-corrected chi connectivity index (χ0v) is 16.7. The van der Waals surface area contributed by atoms with E-state index in [0.29, 0.717) is 23.1 Å². The number of nitrogens with one attached hydrogen (secondary N) is 1. The largest absolute Gasteiger partial charge is 0.487 e. The number of rotatable bonds is 5. The Kier molecular flexibility index (Phi) is 4.83. The fourth-order valence-electron chi connectivity index (χ4n) is 2.85. The van der Waals surface area contributed by atoms with Crippen LogP contribution in [0.25, 0.3) is 5.65 Å². The van der Waals surface area contributed by atoms with Crippen LogP contribution in [0.2, 0.25) is 0 Å². The van der Waals surface area contributed by atoms with Crippen LogP contribution in [0.1, 0.15) is 32.2 Å². The van der Waals surface area contributed by atoms with Gasteiger partial charge in [-0.05, 0) is 50.6 Å². The molecule has 1 aromatic carbocycles. The second-order valence-electron chi connectivity index (χ2n) is 6.59. The van der Waals surface area contributed by atoms with E-state index in [1.54, 1.807) is 18.2 Å². The van der Waals surface area contributed by atoms with Crippen molar-refractivity contribution in [3.05, 3.63) is 76.2 Å². The molecule has 7 heteroatoms. The fourth-order valence-corrected chi connectivity index (χ4v) is 3.66. The van der Waals surface area contributed by atoms with E-state index in [1.165, 1.54) is 11.3 Å². The molecule has 4 rings (SSSR count). The maximum absolute atomic E-state index is 12.5. The third kappa shape index (κ3) is 3.75. The number of thiazole rings is 1. The third-order valence-corrected chi connectivity index (χ3v) is 5.45. The zero-order chi connectivity index (χ0) is 19.7. The van der Waals surface area contributed by atoms with Gasteiger partial charge >= 0.3 is 0 Å². The van der Waals surface area contributed by atoms with Gasteiger partial charge in [-0.3, -0.25) is 10.1 Å². The molecular weight excluding hydrogens is 372 g/mol. The molecule has 0 fully saturated rings. The average Bonchev–Trinajstić information content (AvgIpc) is 3.24. The summed E-state index contributed by atoms with van der Waals surface area (Å²) in [6.07, 6.45) is 3.91. The summed E-state index contributed by atoms with van der Waals surface area (Å²) in [4.78, 5) is 22.5. The molecule has 1 amide bonds. The van der Waals surface area contributed by atoms with E-state index in [1.807, 2.05) is 55.8 Å². The molecular formula is C21H20N4O2S. The van der Waals surface area contributed by atoms with Gasteiger partial charge in [0.05, 0.1) is 11.4 Å². The molecule has 28 heavy (non-hydrogen) atoms. The van der Waals surface area contributed by atoms with Gasteiger partial charge in [-0.25, -0.2) is 9.97 Å². The monoisotopic (exact) mass is 392 g/mol. The summed E-state index contributed by atoms with van der Waals surface area (Å²) in [6.45, 7) is 6.27. The number of fused-ring (bicyclic) bond motifs is 1. The molecule has 142 valence electrons. The first-order valence-corrected chi connectivity index (χ1v) is 9.73. The lowest BCUT2D eigenvalue weighted by Crippen LogP contribution is -2.11. The molecule has 6 nitrogen and oxygen atoms in total. The summed E-state index contributed by atoms with van der Waals surface area (Å²) >= 11 is 1.47. The first kappa shape index (κ1) is 18.2. The van der Waals surface area contributed by atoms with Crippen LogP contribution in [0.3, 0.4) is 0 Å². The third-order valence-electron chi connectivity index (χ3n) is 4.46. The van der Waals surface area contributed by atoms with E-state index >= 15 is 0 Å². The van der Waals surface area contributed by atoms with Gasteiger partial charge in [0.25, 0.3) is 5.91 Å². The quantitative estimate of drug-likeness (QED) is 0.541. The minimum Gasteiger partial charge on any atom is -0.487 e. The molecule has 0 aliphatic heterocycles. The molecule has 0 saturated heterocycles. The minimum absolute atomic E-state index is 0.206. The summed E-state index contributed by atoms with van der Waals surface area (Å²) < 4.78 is 7.84. The van der Waals surface area contributed by atoms with Crippen molar-refractivity contribution in [3.8, 4) is 5.75 Å². The molecule has 0 radical (unpaired) electrons. The molecule has 0 saturated carbocycles. The van der Waals surface area contributed by atoms with Gasteiger partial charge in [-0.2, -0.15) is 0 Å². The Balaban J connectivity index is 1.45. The second kappa shape index (κ2) is 7.44. The van der Waals surface area contributed by atoms with Crippen LogP contribution in [-0.4, -0.2) is 20.3 Å². The lowest BCUT2D eigenvalue weighted by molar-refractivity contribution is 0.102. The van der Waals surface area contributed by atoms with Crippen LogP contribution in [0.4, 0.5) is 5.13 Å². The number of ether oxygens (including phenoxy) is 1. The number of amides is 1. The Labute approximate surface area is 166 Å². The number of carbonyl (C=O) groups excluding carboxylic acids is 1. The Bertz CT molecular complexity index is 1140. The number of carbonyl (C=O) groups is 1. The molecule has 0 unspecified atom stereocenters. The van der Waals surface area contributed by atoms with E-state index < -0.39 is 0 Å². The molecule has 0 bridgehead atoms. The van der Waals surface area contributed by atoms with Crippen molar-refractivity contribution in [1.29, 1.82) is 0 Å². The van der Waals surface area contributed by atoms with Crippen molar-refractivity contribution in [2.45, 2.75) is 27.4 Å². The Hall–Kier alpha value is -3.19. The number of nitrogens with zero attached hydrogens (tertiary/aromatic N) is 3. The predicted octanol–water partition coefficient (Wildman–Crippen LogP) is 4.55. The molecule has 1 N–H and O–H groups in total. The number of pyridine rings is 1. The first-order valence-electron chi connectivity index (χ1n) is 8.91. The predicted molar refractivity (Wildman–Crippen MR) is 110 cm³/mol. The number of aromatic nitrogens is 3. The van der Waals surface area contributed by atoms with Gasteiger partial charge in [0.15, 0.2) is 5.13 Å². The van der Waals surface area contributed by atoms with Gasteiger partial charge in [-0.15, -0.1) is 11.3 Å². The summed E-state index contributed by atoms with van der Waals surface area (Å²) in [5, 5.41) is 3.45. The van der Waals surface area contributed by atoms with Crippen LogP contribution in [0.5, 0.6) is 5.75 Å². The summed E-state index contributed by atoms with van der Waals surface area (Å²) in [5.41, 5.74) is 4.31. The van der Waals surface area contributed by atoms with Gasteiger partial charge in [-0.1, -0.05) is 12.1 Å². The number of hydrogen-bond acceptors (Lipinski definition) is 5. The molecule has 0 atom stereocenters. The van der Waals surface area contributed by atoms with Crippen molar-refractivity contribution >= 4 is 28.0 Å². The number of aryl methyl sites for hydroxylation is 3. The highest BCUT2D eigenvalue weighted by atomic mass is 32.1. The second-order valence-corrected chi connectivity index (χ2v) is 7.79. The number of benzene rings is 1. The van der Waals surface area contributed by atoms with E-state index in [9.17, 15) is 4.79 Å². The normalized spacial score (nSPS) is 11.0. The highest BCUT2D eigenvalue weighted by Crippen LogP contribution is 2.22. The lowest BCUT2D eigenvalue weighted by Gasteiger charge is -2.06. The number of anilines is 1. The van der Waals surface area contributed by atoms with Gasteiger partial charge in [0.2, 0.25) is 0 Å². The summed E-state index contributed by atoms with van der Waals surface area (Å²) in [6, 6.07) is 11.1. The van der Waals surface area contributed by atoms with Gasteiger partial charge < -0.3 is 9.14 Å². The topological polar surface area (TPSA) is 68.5 Å². The van der Waals surface area contributed by atoms with Crippen molar-refractivity contribution in [1.82, 2.24) is 14.4 Å². The van der Waals surface area contributed by atoms with Crippen LogP contribution < -0.4 is 10.1 Å². The van der Waals surface area contributed by atoms with Crippen LogP contribution in [0.15, 0.2) is 48.8 Å². The van der Waals surface area contributed by atoms with E-state index in [0.717, 1.165) is 27.5 Å². The van der Waals surface area contributed by atoms with Crippen molar-refractivity contribution < 1.29 is 9.53 Å². The van der Waals surface area contributed by atoms with Crippen LogP contribution in [-0.2, 0) is 6.61 Å². The highest BCUT2D eigenvalue weighted by molar-refractivity contribution is 7.15. The van der Waals surface area contributed by atoms with Gasteiger partial charge in [0, 0.05) is 22.8 Å². The first-order chi connectivity index (χ1) is 13.5.